The molecule has 0 radical (unpaired) electrons. The van der Waals surface area contributed by atoms with E-state index >= 15 is 0 Å². The van der Waals surface area contributed by atoms with Crippen LogP contribution in [0.1, 0.15) is 6.42 Å². The number of hydrogen-bond donors (Lipinski definition) is 0. The minimum atomic E-state index is -0.825. The van der Waals surface area contributed by atoms with Crippen molar-refractivity contribution in [1.82, 2.24) is 9.80 Å². The number of carbonyl (C=O) groups is 2. The lowest BCUT2D eigenvalue weighted by molar-refractivity contribution is -0.135. The first kappa shape index (κ1) is 14.3. The molecule has 1 atom stereocenters. The van der Waals surface area contributed by atoms with Gasteiger partial charge in [-0.2, -0.15) is 0 Å². The van der Waals surface area contributed by atoms with Crippen LogP contribution < -0.4 is 0 Å². The first-order chi connectivity index (χ1) is 8.54. The monoisotopic (exact) mass is 254 g/mol. The highest BCUT2D eigenvalue weighted by molar-refractivity contribution is 5.85. The molecular formula is C12H18N2O4. The van der Waals surface area contributed by atoms with Gasteiger partial charge >= 0.3 is 6.16 Å². The van der Waals surface area contributed by atoms with Gasteiger partial charge in [0.05, 0.1) is 20.2 Å². The van der Waals surface area contributed by atoms with Crippen LogP contribution in [-0.4, -0.2) is 68.8 Å². The van der Waals surface area contributed by atoms with Crippen molar-refractivity contribution in [3.8, 4) is 11.8 Å². The molecular weight excluding hydrogens is 236 g/mol. The maximum Gasteiger partial charge on any atom is 0.508 e. The van der Waals surface area contributed by atoms with Crippen molar-refractivity contribution < 1.29 is 19.1 Å². The molecule has 0 bridgehead atoms. The summed E-state index contributed by atoms with van der Waals surface area (Å²) in [5.74, 6) is 5.66. The van der Waals surface area contributed by atoms with E-state index in [0.717, 1.165) is 0 Å². The van der Waals surface area contributed by atoms with E-state index in [4.69, 9.17) is 4.74 Å². The third kappa shape index (κ3) is 4.26. The number of carbonyl (C=O) groups excluding carboxylic acids is 2. The molecule has 6 nitrogen and oxygen atoms in total. The summed E-state index contributed by atoms with van der Waals surface area (Å²) in [6.07, 6.45) is -1.06. The van der Waals surface area contributed by atoms with Crippen molar-refractivity contribution in [2.24, 2.45) is 0 Å². The minimum absolute atomic E-state index is 0.209. The van der Waals surface area contributed by atoms with Crippen LogP contribution in [0.3, 0.4) is 0 Å². The predicted molar refractivity (Wildman–Crippen MR) is 64.8 cm³/mol. The topological polar surface area (TPSA) is 59.1 Å². The van der Waals surface area contributed by atoms with E-state index in [0.29, 0.717) is 26.1 Å². The van der Waals surface area contributed by atoms with Crippen molar-refractivity contribution in [2.45, 2.75) is 12.5 Å². The molecule has 1 aliphatic rings. The molecule has 100 valence electrons. The van der Waals surface area contributed by atoms with Crippen molar-refractivity contribution in [1.29, 1.82) is 0 Å². The fraction of sp³-hybridized carbons (Fsp3) is 0.667. The highest BCUT2D eigenvalue weighted by atomic mass is 16.7. The predicted octanol–water partition coefficient (Wildman–Crippen LogP) is -0.0647. The Labute approximate surface area is 107 Å². The van der Waals surface area contributed by atoms with Crippen LogP contribution in [0.2, 0.25) is 0 Å². The van der Waals surface area contributed by atoms with Gasteiger partial charge in [-0.25, -0.2) is 4.79 Å². The third-order valence-corrected chi connectivity index (χ3v) is 2.44. The molecule has 1 aliphatic heterocycles. The van der Waals surface area contributed by atoms with Gasteiger partial charge in [0, 0.05) is 13.0 Å². The number of amides is 1. The van der Waals surface area contributed by atoms with Crippen molar-refractivity contribution in [2.75, 3.05) is 40.8 Å². The molecule has 0 spiro atoms. The van der Waals surface area contributed by atoms with Crippen LogP contribution in [-0.2, 0) is 14.3 Å². The zero-order chi connectivity index (χ0) is 13.5. The van der Waals surface area contributed by atoms with Crippen LogP contribution in [0.5, 0.6) is 0 Å². The van der Waals surface area contributed by atoms with E-state index < -0.39 is 12.3 Å². The standard InChI is InChI=1S/C12H18N2O4/c1-13(2)7-4-5-8-14-9-6-10(11(14)15)18-12(16)17-3/h10H,6-9H2,1-3H3/t10-/m0/s1. The van der Waals surface area contributed by atoms with Crippen molar-refractivity contribution in [3.05, 3.63) is 0 Å². The molecule has 1 fully saturated rings. The van der Waals surface area contributed by atoms with Crippen LogP contribution in [0.25, 0.3) is 0 Å². The second-order valence-corrected chi connectivity index (χ2v) is 4.20. The molecule has 1 rings (SSSR count). The molecule has 0 aromatic rings. The number of nitrogens with zero attached hydrogens (tertiary/aromatic N) is 2. The molecule has 0 unspecified atom stereocenters. The van der Waals surface area contributed by atoms with Gasteiger partial charge in [0.25, 0.3) is 5.91 Å². The fourth-order valence-electron chi connectivity index (χ4n) is 1.51. The Hall–Kier alpha value is -1.74. The third-order valence-electron chi connectivity index (χ3n) is 2.44. The molecule has 1 saturated heterocycles. The van der Waals surface area contributed by atoms with E-state index in [1.165, 1.54) is 7.11 Å². The lowest BCUT2D eigenvalue weighted by Gasteiger charge is -2.13. The summed E-state index contributed by atoms with van der Waals surface area (Å²) >= 11 is 0. The minimum Gasteiger partial charge on any atom is -0.438 e. The maximum atomic E-state index is 11.8. The number of methoxy groups -OCH3 is 1. The van der Waals surface area contributed by atoms with Gasteiger partial charge < -0.3 is 14.4 Å². The average molecular weight is 254 g/mol. The fourth-order valence-corrected chi connectivity index (χ4v) is 1.51. The molecule has 0 aromatic heterocycles. The number of ether oxygens (including phenoxy) is 2. The Morgan fingerprint density at radius 3 is 2.83 bits per heavy atom. The van der Waals surface area contributed by atoms with Crippen LogP contribution in [0.4, 0.5) is 4.79 Å². The SMILES string of the molecule is COC(=O)O[C@H]1CCN(CC#CCN(C)C)C1=O. The van der Waals surface area contributed by atoms with Gasteiger partial charge in [-0.3, -0.25) is 9.69 Å². The zero-order valence-corrected chi connectivity index (χ0v) is 10.9. The second-order valence-electron chi connectivity index (χ2n) is 4.20. The van der Waals surface area contributed by atoms with Crippen molar-refractivity contribution in [3.63, 3.8) is 0 Å². The van der Waals surface area contributed by atoms with Crippen LogP contribution in [0.15, 0.2) is 0 Å². The molecule has 1 heterocycles. The van der Waals surface area contributed by atoms with Gasteiger partial charge in [0.2, 0.25) is 0 Å². The lowest BCUT2D eigenvalue weighted by Crippen LogP contribution is -2.32. The summed E-state index contributed by atoms with van der Waals surface area (Å²) in [6, 6.07) is 0. The molecule has 0 saturated carbocycles. The number of likely N-dealkylation sites (tertiary alicyclic amines) is 1. The van der Waals surface area contributed by atoms with E-state index in [2.05, 4.69) is 16.6 Å². The lowest BCUT2D eigenvalue weighted by atomic mass is 10.3. The van der Waals surface area contributed by atoms with E-state index in [1.807, 2.05) is 19.0 Å². The van der Waals surface area contributed by atoms with E-state index in [-0.39, 0.29) is 5.91 Å². The van der Waals surface area contributed by atoms with Gasteiger partial charge in [0.15, 0.2) is 6.10 Å². The zero-order valence-electron chi connectivity index (χ0n) is 10.9. The largest absolute Gasteiger partial charge is 0.508 e. The molecule has 0 aliphatic carbocycles. The summed E-state index contributed by atoms with van der Waals surface area (Å²) in [4.78, 5) is 26.2. The van der Waals surface area contributed by atoms with Crippen LogP contribution >= 0.6 is 0 Å². The summed E-state index contributed by atoms with van der Waals surface area (Å²) in [7, 11) is 5.07. The van der Waals surface area contributed by atoms with Gasteiger partial charge in [-0.05, 0) is 14.1 Å². The average Bonchev–Trinajstić information content (AvgIpc) is 2.66. The summed E-state index contributed by atoms with van der Waals surface area (Å²) in [6.45, 7) is 1.58. The van der Waals surface area contributed by atoms with Gasteiger partial charge in [-0.15, -0.1) is 0 Å². The molecule has 0 N–H and O–H groups in total. The highest BCUT2D eigenvalue weighted by Gasteiger charge is 2.34. The first-order valence-electron chi connectivity index (χ1n) is 5.68. The first-order valence-corrected chi connectivity index (χ1v) is 5.68. The molecule has 0 aromatic carbocycles. The Bertz CT molecular complexity index is 370. The Morgan fingerprint density at radius 2 is 2.22 bits per heavy atom. The van der Waals surface area contributed by atoms with E-state index in [9.17, 15) is 9.59 Å². The molecule has 18 heavy (non-hydrogen) atoms. The second kappa shape index (κ2) is 6.87. The Kier molecular flexibility index (Phi) is 5.46. The summed E-state index contributed by atoms with van der Waals surface area (Å²) in [5.41, 5.74) is 0. The maximum absolute atomic E-state index is 11.8. The number of hydrogen-bond acceptors (Lipinski definition) is 5. The number of rotatable bonds is 3. The smallest absolute Gasteiger partial charge is 0.438 e. The quantitative estimate of drug-likeness (QED) is 0.521. The van der Waals surface area contributed by atoms with Crippen molar-refractivity contribution >= 4 is 12.1 Å². The normalized spacial score (nSPS) is 18.6. The Balaban J connectivity index is 2.39. The molecule has 6 heteroatoms. The summed E-state index contributed by atoms with van der Waals surface area (Å²) in [5, 5.41) is 0. The summed E-state index contributed by atoms with van der Waals surface area (Å²) < 4.78 is 9.19. The highest BCUT2D eigenvalue weighted by Crippen LogP contribution is 2.14. The Morgan fingerprint density at radius 1 is 1.50 bits per heavy atom. The molecule has 1 amide bonds. The van der Waals surface area contributed by atoms with E-state index in [1.54, 1.807) is 4.90 Å². The van der Waals surface area contributed by atoms with Crippen LogP contribution in [0, 0.1) is 11.8 Å². The van der Waals surface area contributed by atoms with Gasteiger partial charge in [-0.1, -0.05) is 11.8 Å². The van der Waals surface area contributed by atoms with Gasteiger partial charge in [0.1, 0.15) is 0 Å².